The highest BCUT2D eigenvalue weighted by Crippen LogP contribution is 2.18. The fourth-order valence-electron chi connectivity index (χ4n) is 2.08. The lowest BCUT2D eigenvalue weighted by Gasteiger charge is -2.20. The molecule has 1 saturated heterocycles. The number of carbonyl (C=O) groups excluding carboxylic acids is 1. The zero-order chi connectivity index (χ0) is 13.0. The van der Waals surface area contributed by atoms with Gasteiger partial charge >= 0.3 is 5.97 Å². The lowest BCUT2D eigenvalue weighted by atomic mass is 10.2. The summed E-state index contributed by atoms with van der Waals surface area (Å²) in [5.74, 6) is 0.271. The summed E-state index contributed by atoms with van der Waals surface area (Å²) in [6.07, 6.45) is 6.21. The number of hydrogen-bond donors (Lipinski definition) is 1. The number of nitrogens with zero attached hydrogens (tertiary/aromatic N) is 3. The highest BCUT2D eigenvalue weighted by molar-refractivity contribution is 5.93. The van der Waals surface area contributed by atoms with E-state index in [0.29, 0.717) is 5.95 Å². The summed E-state index contributed by atoms with van der Waals surface area (Å²) >= 11 is 0. The summed E-state index contributed by atoms with van der Waals surface area (Å²) in [6.45, 7) is 1.88. The number of nitrogen functional groups attached to an aromatic ring is 1. The van der Waals surface area contributed by atoms with Crippen molar-refractivity contribution in [2.75, 3.05) is 30.8 Å². The maximum Gasteiger partial charge on any atom is 0.343 e. The van der Waals surface area contributed by atoms with Crippen molar-refractivity contribution in [2.45, 2.75) is 25.7 Å². The number of nitrogens with two attached hydrogens (primary N) is 1. The van der Waals surface area contributed by atoms with E-state index in [9.17, 15) is 4.79 Å². The van der Waals surface area contributed by atoms with Gasteiger partial charge in [-0.15, -0.1) is 0 Å². The second-order valence-corrected chi connectivity index (χ2v) is 4.36. The Morgan fingerprint density at radius 3 is 2.56 bits per heavy atom. The van der Waals surface area contributed by atoms with E-state index in [0.717, 1.165) is 25.9 Å². The second-order valence-electron chi connectivity index (χ2n) is 4.36. The van der Waals surface area contributed by atoms with Crippen LogP contribution in [0.5, 0.6) is 0 Å². The Labute approximate surface area is 106 Å². The van der Waals surface area contributed by atoms with E-state index in [1.165, 1.54) is 26.1 Å². The minimum Gasteiger partial charge on any atom is -0.465 e. The zero-order valence-electron chi connectivity index (χ0n) is 10.6. The van der Waals surface area contributed by atoms with Crippen LogP contribution in [0, 0.1) is 0 Å². The number of methoxy groups -OCH3 is 1. The van der Waals surface area contributed by atoms with E-state index in [1.54, 1.807) is 0 Å². The van der Waals surface area contributed by atoms with Crippen LogP contribution in [0.3, 0.4) is 0 Å². The van der Waals surface area contributed by atoms with Gasteiger partial charge in [-0.2, -0.15) is 4.98 Å². The molecule has 1 fully saturated rings. The number of ether oxygens (including phenoxy) is 1. The van der Waals surface area contributed by atoms with Crippen LogP contribution in [0.15, 0.2) is 6.20 Å². The van der Waals surface area contributed by atoms with Gasteiger partial charge in [0, 0.05) is 19.3 Å². The van der Waals surface area contributed by atoms with Crippen LogP contribution in [0.1, 0.15) is 36.0 Å². The first kappa shape index (κ1) is 12.6. The average molecular weight is 250 g/mol. The summed E-state index contributed by atoms with van der Waals surface area (Å²) in [7, 11) is 1.31. The molecule has 6 nitrogen and oxygen atoms in total. The Bertz CT molecular complexity index is 428. The Hall–Kier alpha value is -1.85. The molecule has 0 amide bonds. The zero-order valence-corrected chi connectivity index (χ0v) is 10.6. The molecular weight excluding hydrogens is 232 g/mol. The van der Waals surface area contributed by atoms with E-state index in [2.05, 4.69) is 19.6 Å². The number of rotatable bonds is 2. The summed E-state index contributed by atoms with van der Waals surface area (Å²) in [5, 5.41) is 0. The van der Waals surface area contributed by atoms with Crippen molar-refractivity contribution in [3.63, 3.8) is 0 Å². The van der Waals surface area contributed by atoms with Crippen molar-refractivity contribution in [1.29, 1.82) is 0 Å². The highest BCUT2D eigenvalue weighted by atomic mass is 16.5. The van der Waals surface area contributed by atoms with Crippen molar-refractivity contribution in [3.8, 4) is 0 Å². The van der Waals surface area contributed by atoms with Gasteiger partial charge in [-0.1, -0.05) is 12.8 Å². The SMILES string of the molecule is COC(=O)c1cnc(N2CCCCCC2)nc1N. The summed E-state index contributed by atoms with van der Waals surface area (Å²) in [5.41, 5.74) is 5.98. The third-order valence-corrected chi connectivity index (χ3v) is 3.10. The molecule has 0 radical (unpaired) electrons. The summed E-state index contributed by atoms with van der Waals surface area (Å²) < 4.78 is 4.61. The van der Waals surface area contributed by atoms with E-state index < -0.39 is 5.97 Å². The van der Waals surface area contributed by atoms with Crippen molar-refractivity contribution in [1.82, 2.24) is 9.97 Å². The quantitative estimate of drug-likeness (QED) is 0.795. The molecule has 2 rings (SSSR count). The summed E-state index contributed by atoms with van der Waals surface area (Å²) in [4.78, 5) is 21.9. The predicted octanol–water partition coefficient (Wildman–Crippen LogP) is 1.23. The van der Waals surface area contributed by atoms with Crippen molar-refractivity contribution in [2.24, 2.45) is 0 Å². The Kier molecular flexibility index (Phi) is 3.96. The molecule has 0 unspecified atom stereocenters. The van der Waals surface area contributed by atoms with Crippen molar-refractivity contribution in [3.05, 3.63) is 11.8 Å². The number of carbonyl (C=O) groups is 1. The maximum atomic E-state index is 11.4. The first-order valence-electron chi connectivity index (χ1n) is 6.18. The number of esters is 1. The topological polar surface area (TPSA) is 81.3 Å². The monoisotopic (exact) mass is 250 g/mol. The first-order chi connectivity index (χ1) is 8.72. The van der Waals surface area contributed by atoms with Crippen LogP contribution in [0.2, 0.25) is 0 Å². The molecule has 1 aromatic rings. The van der Waals surface area contributed by atoms with Crippen LogP contribution < -0.4 is 10.6 Å². The molecule has 2 heterocycles. The van der Waals surface area contributed by atoms with Crippen LogP contribution in [0.4, 0.5) is 11.8 Å². The Morgan fingerprint density at radius 2 is 2.00 bits per heavy atom. The third-order valence-electron chi connectivity index (χ3n) is 3.10. The van der Waals surface area contributed by atoms with Gasteiger partial charge in [0.1, 0.15) is 11.4 Å². The molecule has 0 aromatic carbocycles. The molecule has 0 atom stereocenters. The predicted molar refractivity (Wildman–Crippen MR) is 68.5 cm³/mol. The maximum absolute atomic E-state index is 11.4. The molecule has 0 bridgehead atoms. The van der Waals surface area contributed by atoms with E-state index in [-0.39, 0.29) is 11.4 Å². The second kappa shape index (κ2) is 5.66. The van der Waals surface area contributed by atoms with Gasteiger partial charge in [-0.3, -0.25) is 0 Å². The standard InChI is InChI=1S/C12H18N4O2/c1-18-11(17)9-8-14-12(15-10(9)13)16-6-4-2-3-5-7-16/h8H,2-7H2,1H3,(H2,13,14,15). The van der Waals surface area contributed by atoms with Gasteiger partial charge in [0.2, 0.25) is 5.95 Å². The molecule has 18 heavy (non-hydrogen) atoms. The van der Waals surface area contributed by atoms with Gasteiger partial charge in [0.15, 0.2) is 0 Å². The molecule has 6 heteroatoms. The molecule has 0 saturated carbocycles. The van der Waals surface area contributed by atoms with Crippen molar-refractivity contribution < 1.29 is 9.53 Å². The Morgan fingerprint density at radius 1 is 1.33 bits per heavy atom. The molecular formula is C12H18N4O2. The van der Waals surface area contributed by atoms with Gasteiger partial charge in [0.25, 0.3) is 0 Å². The van der Waals surface area contributed by atoms with Gasteiger partial charge in [-0.05, 0) is 12.8 Å². The molecule has 1 aliphatic rings. The van der Waals surface area contributed by atoms with Crippen LogP contribution in [-0.2, 0) is 4.74 Å². The lowest BCUT2D eigenvalue weighted by Crippen LogP contribution is -2.26. The van der Waals surface area contributed by atoms with Crippen LogP contribution in [-0.4, -0.2) is 36.1 Å². The smallest absolute Gasteiger partial charge is 0.343 e. The van der Waals surface area contributed by atoms with E-state index in [1.807, 2.05) is 0 Å². The van der Waals surface area contributed by atoms with Crippen LogP contribution in [0.25, 0.3) is 0 Å². The highest BCUT2D eigenvalue weighted by Gasteiger charge is 2.17. The Balaban J connectivity index is 2.19. The number of aromatic nitrogens is 2. The average Bonchev–Trinajstić information content (AvgIpc) is 2.66. The fourth-order valence-corrected chi connectivity index (χ4v) is 2.08. The van der Waals surface area contributed by atoms with E-state index in [4.69, 9.17) is 5.73 Å². The minimum absolute atomic E-state index is 0.177. The van der Waals surface area contributed by atoms with Gasteiger partial charge < -0.3 is 15.4 Å². The van der Waals surface area contributed by atoms with Gasteiger partial charge in [0.05, 0.1) is 7.11 Å². The van der Waals surface area contributed by atoms with Crippen LogP contribution >= 0.6 is 0 Å². The van der Waals surface area contributed by atoms with E-state index >= 15 is 0 Å². The molecule has 2 N–H and O–H groups in total. The minimum atomic E-state index is -0.505. The molecule has 98 valence electrons. The van der Waals surface area contributed by atoms with Gasteiger partial charge in [-0.25, -0.2) is 9.78 Å². The lowest BCUT2D eigenvalue weighted by molar-refractivity contribution is 0.0601. The van der Waals surface area contributed by atoms with Crippen molar-refractivity contribution >= 4 is 17.7 Å². The largest absolute Gasteiger partial charge is 0.465 e. The molecule has 0 spiro atoms. The third kappa shape index (κ3) is 2.69. The molecule has 0 aliphatic carbocycles. The number of hydrogen-bond acceptors (Lipinski definition) is 6. The summed E-state index contributed by atoms with van der Waals surface area (Å²) in [6, 6.07) is 0. The normalized spacial score (nSPS) is 16.2. The fraction of sp³-hybridized carbons (Fsp3) is 0.583. The number of anilines is 2. The molecule has 1 aromatic heterocycles. The first-order valence-corrected chi connectivity index (χ1v) is 6.18. The molecule has 1 aliphatic heterocycles.